The Labute approximate surface area is 143 Å². The van der Waals surface area contributed by atoms with Crippen LogP contribution in [0.2, 0.25) is 0 Å². The fourth-order valence-corrected chi connectivity index (χ4v) is 3.77. The number of thiophene rings is 1. The summed E-state index contributed by atoms with van der Waals surface area (Å²) in [6.45, 7) is 0.498. The van der Waals surface area contributed by atoms with E-state index in [0.717, 1.165) is 11.1 Å². The third-order valence-electron chi connectivity index (χ3n) is 4.10. The van der Waals surface area contributed by atoms with Crippen molar-refractivity contribution in [1.82, 2.24) is 5.32 Å². The highest BCUT2D eigenvalue weighted by Gasteiger charge is 2.27. The van der Waals surface area contributed by atoms with Crippen LogP contribution in [0.5, 0.6) is 0 Å². The van der Waals surface area contributed by atoms with Crippen LogP contribution in [-0.4, -0.2) is 11.6 Å². The fraction of sp³-hybridized carbons (Fsp3) is 0.158. The highest BCUT2D eigenvalue weighted by Crippen LogP contribution is 2.27. The van der Waals surface area contributed by atoms with Crippen LogP contribution in [0.15, 0.2) is 65.1 Å². The summed E-state index contributed by atoms with van der Waals surface area (Å²) in [6.07, 6.45) is 0.328. The molecule has 1 aromatic heterocycles. The van der Waals surface area contributed by atoms with Crippen LogP contribution in [0.1, 0.15) is 23.7 Å². The molecule has 1 N–H and O–H groups in total. The number of carbonyl (C=O) groups excluding carboxylic acids is 1. The van der Waals surface area contributed by atoms with Gasteiger partial charge in [0.1, 0.15) is 5.71 Å². The third kappa shape index (κ3) is 2.90. The number of fused-ring (bicyclic) bond motifs is 1. The Bertz CT molecular complexity index is 902. The van der Waals surface area contributed by atoms with Gasteiger partial charge >= 0.3 is 0 Å². The molecule has 0 fully saturated rings. The maximum Gasteiger partial charge on any atom is 0.269 e. The second-order valence-electron chi connectivity index (χ2n) is 5.69. The molecule has 4 rings (SSSR count). The SMILES string of the molecule is O=C(NCc1csc2ccccc12)C1=NO[C@H](c2ccccc2)C1. The van der Waals surface area contributed by atoms with E-state index in [9.17, 15) is 4.79 Å². The maximum absolute atomic E-state index is 12.3. The van der Waals surface area contributed by atoms with E-state index in [1.165, 1.54) is 10.1 Å². The molecule has 0 radical (unpaired) electrons. The molecule has 4 nitrogen and oxygen atoms in total. The Morgan fingerprint density at radius 2 is 1.96 bits per heavy atom. The summed E-state index contributed by atoms with van der Waals surface area (Å²) in [4.78, 5) is 17.7. The molecule has 24 heavy (non-hydrogen) atoms. The van der Waals surface area contributed by atoms with Crippen molar-refractivity contribution < 1.29 is 9.63 Å². The number of carbonyl (C=O) groups is 1. The Kier molecular flexibility index (Phi) is 4.01. The average molecular weight is 336 g/mol. The normalized spacial score (nSPS) is 16.7. The van der Waals surface area contributed by atoms with Gasteiger partial charge in [-0.05, 0) is 28.0 Å². The number of amides is 1. The van der Waals surface area contributed by atoms with Crippen LogP contribution in [0, 0.1) is 0 Å². The number of nitrogens with zero attached hydrogens (tertiary/aromatic N) is 1. The van der Waals surface area contributed by atoms with E-state index in [-0.39, 0.29) is 12.0 Å². The molecule has 1 aliphatic rings. The van der Waals surface area contributed by atoms with E-state index in [1.54, 1.807) is 11.3 Å². The summed E-state index contributed by atoms with van der Waals surface area (Å²) in [5.41, 5.74) is 2.61. The lowest BCUT2D eigenvalue weighted by Crippen LogP contribution is -2.29. The monoisotopic (exact) mass is 336 g/mol. The van der Waals surface area contributed by atoms with Gasteiger partial charge in [-0.3, -0.25) is 4.79 Å². The van der Waals surface area contributed by atoms with Crippen molar-refractivity contribution >= 4 is 33.0 Å². The minimum absolute atomic E-state index is 0.163. The molecule has 0 aliphatic carbocycles. The quantitative estimate of drug-likeness (QED) is 0.782. The minimum Gasteiger partial charge on any atom is -0.387 e. The zero-order valence-electron chi connectivity index (χ0n) is 12.9. The molecular weight excluding hydrogens is 320 g/mol. The standard InChI is InChI=1S/C19H16N2O2S/c22-19(16-10-17(23-21-16)13-6-2-1-3-7-13)20-11-14-12-24-18-9-5-4-8-15(14)18/h1-9,12,17H,10-11H2,(H,20,22)/t17-/m0/s1. The van der Waals surface area contributed by atoms with Gasteiger partial charge in [-0.15, -0.1) is 11.3 Å². The second-order valence-corrected chi connectivity index (χ2v) is 6.60. The minimum atomic E-state index is -0.172. The molecular formula is C19H16N2O2S. The number of hydrogen-bond acceptors (Lipinski definition) is 4. The van der Waals surface area contributed by atoms with Gasteiger partial charge in [0.25, 0.3) is 5.91 Å². The smallest absolute Gasteiger partial charge is 0.269 e. The Balaban J connectivity index is 1.39. The zero-order valence-corrected chi connectivity index (χ0v) is 13.8. The summed E-state index contributed by atoms with van der Waals surface area (Å²) in [6, 6.07) is 18.0. The molecule has 0 spiro atoms. The summed E-state index contributed by atoms with van der Waals surface area (Å²) >= 11 is 1.69. The van der Waals surface area contributed by atoms with Gasteiger partial charge in [-0.2, -0.15) is 0 Å². The van der Waals surface area contributed by atoms with Gasteiger partial charge in [0.15, 0.2) is 6.10 Å². The van der Waals surface area contributed by atoms with Gasteiger partial charge in [0.2, 0.25) is 0 Å². The molecule has 0 bridgehead atoms. The Hall–Kier alpha value is -2.66. The third-order valence-corrected chi connectivity index (χ3v) is 5.12. The Morgan fingerprint density at radius 3 is 2.83 bits per heavy atom. The molecule has 0 unspecified atom stereocenters. The molecule has 0 saturated carbocycles. The van der Waals surface area contributed by atoms with Gasteiger partial charge < -0.3 is 10.2 Å². The van der Waals surface area contributed by atoms with Crippen LogP contribution < -0.4 is 5.32 Å². The van der Waals surface area contributed by atoms with Crippen molar-refractivity contribution in [3.63, 3.8) is 0 Å². The van der Waals surface area contributed by atoms with E-state index in [4.69, 9.17) is 4.84 Å². The molecule has 2 heterocycles. The number of nitrogens with one attached hydrogen (secondary N) is 1. The largest absolute Gasteiger partial charge is 0.387 e. The lowest BCUT2D eigenvalue weighted by atomic mass is 10.0. The first-order chi connectivity index (χ1) is 11.8. The van der Waals surface area contributed by atoms with E-state index >= 15 is 0 Å². The first kappa shape index (κ1) is 14.9. The van der Waals surface area contributed by atoms with E-state index in [2.05, 4.69) is 28.0 Å². The first-order valence-corrected chi connectivity index (χ1v) is 8.70. The van der Waals surface area contributed by atoms with Crippen molar-refractivity contribution in [3.05, 3.63) is 71.1 Å². The molecule has 1 aliphatic heterocycles. The van der Waals surface area contributed by atoms with Crippen LogP contribution in [0.4, 0.5) is 0 Å². The highest BCUT2D eigenvalue weighted by molar-refractivity contribution is 7.17. The van der Waals surface area contributed by atoms with Gasteiger partial charge in [-0.25, -0.2) is 0 Å². The summed E-state index contributed by atoms with van der Waals surface area (Å²) in [5, 5.41) is 10.2. The van der Waals surface area contributed by atoms with E-state index in [1.807, 2.05) is 42.5 Å². The fourth-order valence-electron chi connectivity index (χ4n) is 2.81. The molecule has 0 saturated heterocycles. The average Bonchev–Trinajstić information content (AvgIpc) is 3.28. The summed E-state index contributed by atoms with van der Waals surface area (Å²) in [7, 11) is 0. The van der Waals surface area contributed by atoms with Crippen LogP contribution in [0.25, 0.3) is 10.1 Å². The molecule has 5 heteroatoms. The summed E-state index contributed by atoms with van der Waals surface area (Å²) in [5.74, 6) is -0.163. The van der Waals surface area contributed by atoms with Gasteiger partial charge in [0.05, 0.1) is 0 Å². The van der Waals surface area contributed by atoms with E-state index in [0.29, 0.717) is 18.7 Å². The number of oxime groups is 1. The second kappa shape index (κ2) is 6.45. The van der Waals surface area contributed by atoms with Crippen LogP contribution in [-0.2, 0) is 16.2 Å². The number of hydrogen-bond donors (Lipinski definition) is 1. The molecule has 1 amide bonds. The number of benzene rings is 2. The zero-order chi connectivity index (χ0) is 16.4. The first-order valence-electron chi connectivity index (χ1n) is 7.82. The summed E-state index contributed by atoms with van der Waals surface area (Å²) < 4.78 is 1.23. The molecule has 1 atom stereocenters. The van der Waals surface area contributed by atoms with Crippen LogP contribution >= 0.6 is 11.3 Å². The molecule has 120 valence electrons. The number of rotatable bonds is 4. The van der Waals surface area contributed by atoms with Gasteiger partial charge in [0, 0.05) is 17.7 Å². The maximum atomic E-state index is 12.3. The van der Waals surface area contributed by atoms with Crippen molar-refractivity contribution in [2.75, 3.05) is 0 Å². The van der Waals surface area contributed by atoms with Crippen molar-refractivity contribution in [3.8, 4) is 0 Å². The lowest BCUT2D eigenvalue weighted by molar-refractivity contribution is -0.115. The van der Waals surface area contributed by atoms with E-state index < -0.39 is 0 Å². The highest BCUT2D eigenvalue weighted by atomic mass is 32.1. The predicted molar refractivity (Wildman–Crippen MR) is 96.0 cm³/mol. The topological polar surface area (TPSA) is 50.7 Å². The lowest BCUT2D eigenvalue weighted by Gasteiger charge is -2.07. The molecule has 3 aromatic rings. The van der Waals surface area contributed by atoms with Crippen molar-refractivity contribution in [1.29, 1.82) is 0 Å². The van der Waals surface area contributed by atoms with Crippen LogP contribution in [0.3, 0.4) is 0 Å². The van der Waals surface area contributed by atoms with Gasteiger partial charge in [-0.1, -0.05) is 53.7 Å². The van der Waals surface area contributed by atoms with Crippen molar-refractivity contribution in [2.24, 2.45) is 5.16 Å². The predicted octanol–water partition coefficient (Wildman–Crippen LogP) is 4.04. The van der Waals surface area contributed by atoms with Crippen molar-refractivity contribution in [2.45, 2.75) is 19.1 Å². The molecule has 2 aromatic carbocycles. The Morgan fingerprint density at radius 1 is 1.17 bits per heavy atom.